The van der Waals surface area contributed by atoms with Crippen molar-refractivity contribution in [2.45, 2.75) is 32.4 Å². The third kappa shape index (κ3) is 3.94. The summed E-state index contributed by atoms with van der Waals surface area (Å²) in [5, 5.41) is 0. The monoisotopic (exact) mass is 325 g/mol. The molecule has 0 aliphatic carbocycles. The molecule has 1 aliphatic rings. The Kier molecular flexibility index (Phi) is 5.25. The second-order valence-electron chi connectivity index (χ2n) is 5.44. The Morgan fingerprint density at radius 3 is 2.63 bits per heavy atom. The molecule has 2 rings (SSSR count). The standard InChI is InChI=1S/C15H24BrN3/c1-3-19-8-6-13(7-9-19)18(2)11-12-4-5-14(16)15(17)10-12/h4-5,10,13H,3,6-9,11,17H2,1-2H3. The van der Waals surface area contributed by atoms with Gasteiger partial charge < -0.3 is 10.6 Å². The van der Waals surface area contributed by atoms with Gasteiger partial charge in [-0.05, 0) is 73.1 Å². The molecule has 19 heavy (non-hydrogen) atoms. The first-order valence-corrected chi connectivity index (χ1v) is 7.86. The summed E-state index contributed by atoms with van der Waals surface area (Å²) in [4.78, 5) is 5.00. The van der Waals surface area contributed by atoms with Gasteiger partial charge in [0.1, 0.15) is 0 Å². The average molecular weight is 326 g/mol. The summed E-state index contributed by atoms with van der Waals surface area (Å²) in [6.45, 7) is 6.87. The number of hydrogen-bond donors (Lipinski definition) is 1. The lowest BCUT2D eigenvalue weighted by Crippen LogP contribution is -2.42. The van der Waals surface area contributed by atoms with Crippen LogP contribution < -0.4 is 5.73 Å². The van der Waals surface area contributed by atoms with Crippen LogP contribution in [0.2, 0.25) is 0 Å². The van der Waals surface area contributed by atoms with E-state index in [9.17, 15) is 0 Å². The molecule has 1 saturated heterocycles. The summed E-state index contributed by atoms with van der Waals surface area (Å²) in [7, 11) is 2.23. The van der Waals surface area contributed by atoms with Gasteiger partial charge in [0, 0.05) is 22.7 Å². The highest BCUT2D eigenvalue weighted by Crippen LogP contribution is 2.22. The molecule has 0 bridgehead atoms. The lowest BCUT2D eigenvalue weighted by molar-refractivity contribution is 0.127. The van der Waals surface area contributed by atoms with Crippen LogP contribution in [-0.2, 0) is 6.54 Å². The first kappa shape index (κ1) is 14.8. The zero-order valence-electron chi connectivity index (χ0n) is 11.9. The molecule has 1 heterocycles. The van der Waals surface area contributed by atoms with Crippen LogP contribution in [0.4, 0.5) is 5.69 Å². The van der Waals surface area contributed by atoms with Gasteiger partial charge in [-0.2, -0.15) is 0 Å². The highest BCUT2D eigenvalue weighted by Gasteiger charge is 2.21. The van der Waals surface area contributed by atoms with Crippen molar-refractivity contribution in [3.05, 3.63) is 28.2 Å². The van der Waals surface area contributed by atoms with Crippen molar-refractivity contribution in [1.82, 2.24) is 9.80 Å². The minimum Gasteiger partial charge on any atom is -0.398 e. The molecular formula is C15H24BrN3. The fourth-order valence-electron chi connectivity index (χ4n) is 2.78. The molecule has 0 radical (unpaired) electrons. The molecule has 0 atom stereocenters. The van der Waals surface area contributed by atoms with Crippen molar-refractivity contribution in [1.29, 1.82) is 0 Å². The molecule has 1 aliphatic heterocycles. The van der Waals surface area contributed by atoms with Crippen molar-refractivity contribution < 1.29 is 0 Å². The van der Waals surface area contributed by atoms with Crippen LogP contribution in [-0.4, -0.2) is 42.5 Å². The van der Waals surface area contributed by atoms with Gasteiger partial charge in [-0.3, -0.25) is 4.90 Å². The summed E-state index contributed by atoms with van der Waals surface area (Å²) < 4.78 is 0.982. The summed E-state index contributed by atoms with van der Waals surface area (Å²) in [6, 6.07) is 6.96. The zero-order valence-corrected chi connectivity index (χ0v) is 13.5. The maximum absolute atomic E-state index is 5.94. The summed E-state index contributed by atoms with van der Waals surface area (Å²) in [6.07, 6.45) is 2.55. The second-order valence-corrected chi connectivity index (χ2v) is 6.29. The number of piperidine rings is 1. The maximum Gasteiger partial charge on any atom is 0.0461 e. The number of nitrogens with zero attached hydrogens (tertiary/aromatic N) is 2. The van der Waals surface area contributed by atoms with E-state index in [1.807, 2.05) is 6.07 Å². The molecule has 1 fully saturated rings. The highest BCUT2D eigenvalue weighted by atomic mass is 79.9. The zero-order chi connectivity index (χ0) is 13.8. The molecule has 2 N–H and O–H groups in total. The Morgan fingerprint density at radius 1 is 1.37 bits per heavy atom. The van der Waals surface area contributed by atoms with Crippen LogP contribution >= 0.6 is 15.9 Å². The van der Waals surface area contributed by atoms with Crippen LogP contribution in [0.25, 0.3) is 0 Å². The predicted octanol–water partition coefficient (Wildman–Crippen LogP) is 2.95. The van der Waals surface area contributed by atoms with Crippen LogP contribution in [0.3, 0.4) is 0 Å². The van der Waals surface area contributed by atoms with Gasteiger partial charge in [-0.25, -0.2) is 0 Å². The van der Waals surface area contributed by atoms with Gasteiger partial charge in [0.15, 0.2) is 0 Å². The van der Waals surface area contributed by atoms with Crippen LogP contribution in [0.1, 0.15) is 25.3 Å². The van der Waals surface area contributed by atoms with Crippen LogP contribution in [0.15, 0.2) is 22.7 Å². The van der Waals surface area contributed by atoms with Gasteiger partial charge in [-0.15, -0.1) is 0 Å². The van der Waals surface area contributed by atoms with Crippen LogP contribution in [0.5, 0.6) is 0 Å². The average Bonchev–Trinajstić information content (AvgIpc) is 2.43. The van der Waals surface area contributed by atoms with E-state index in [1.165, 1.54) is 38.0 Å². The van der Waals surface area contributed by atoms with Crippen molar-refractivity contribution in [3.63, 3.8) is 0 Å². The van der Waals surface area contributed by atoms with Gasteiger partial charge >= 0.3 is 0 Å². The van der Waals surface area contributed by atoms with E-state index in [1.54, 1.807) is 0 Å². The number of likely N-dealkylation sites (tertiary alicyclic amines) is 1. The van der Waals surface area contributed by atoms with Crippen molar-refractivity contribution in [3.8, 4) is 0 Å². The van der Waals surface area contributed by atoms with Crippen molar-refractivity contribution in [2.75, 3.05) is 32.4 Å². The number of benzene rings is 1. The van der Waals surface area contributed by atoms with Crippen molar-refractivity contribution >= 4 is 21.6 Å². The number of anilines is 1. The van der Waals surface area contributed by atoms with E-state index in [0.29, 0.717) is 6.04 Å². The summed E-state index contributed by atoms with van der Waals surface area (Å²) in [5.41, 5.74) is 8.06. The third-order valence-electron chi connectivity index (χ3n) is 4.12. The van der Waals surface area contributed by atoms with Gasteiger partial charge in [0.05, 0.1) is 0 Å². The van der Waals surface area contributed by atoms with E-state index >= 15 is 0 Å². The van der Waals surface area contributed by atoms with Gasteiger partial charge in [-0.1, -0.05) is 13.0 Å². The topological polar surface area (TPSA) is 32.5 Å². The summed E-state index contributed by atoms with van der Waals surface area (Å²) in [5.74, 6) is 0. The lowest BCUT2D eigenvalue weighted by Gasteiger charge is -2.36. The molecule has 4 heteroatoms. The minimum absolute atomic E-state index is 0.702. The number of nitrogens with two attached hydrogens (primary N) is 1. The maximum atomic E-state index is 5.94. The largest absolute Gasteiger partial charge is 0.398 e. The minimum atomic E-state index is 0.702. The number of rotatable bonds is 4. The van der Waals surface area contributed by atoms with E-state index in [4.69, 9.17) is 5.73 Å². The second kappa shape index (κ2) is 6.73. The third-order valence-corrected chi connectivity index (χ3v) is 4.84. The quantitative estimate of drug-likeness (QED) is 0.864. The molecule has 1 aromatic carbocycles. The van der Waals surface area contributed by atoms with E-state index in [-0.39, 0.29) is 0 Å². The Hall–Kier alpha value is -0.580. The first-order chi connectivity index (χ1) is 9.10. The van der Waals surface area contributed by atoms with E-state index < -0.39 is 0 Å². The number of halogens is 1. The van der Waals surface area contributed by atoms with Gasteiger partial charge in [0.2, 0.25) is 0 Å². The molecule has 3 nitrogen and oxygen atoms in total. The Morgan fingerprint density at radius 2 is 2.05 bits per heavy atom. The van der Waals surface area contributed by atoms with Crippen LogP contribution in [0, 0.1) is 0 Å². The van der Waals surface area contributed by atoms with E-state index in [2.05, 4.69) is 51.8 Å². The highest BCUT2D eigenvalue weighted by molar-refractivity contribution is 9.10. The number of hydrogen-bond acceptors (Lipinski definition) is 3. The molecule has 0 amide bonds. The molecular weight excluding hydrogens is 302 g/mol. The SMILES string of the molecule is CCN1CCC(N(C)Cc2ccc(Br)c(N)c2)CC1. The van der Waals surface area contributed by atoms with E-state index in [0.717, 1.165) is 16.7 Å². The fraction of sp³-hybridized carbons (Fsp3) is 0.600. The normalized spacial score (nSPS) is 18.1. The molecule has 0 unspecified atom stereocenters. The molecule has 106 valence electrons. The fourth-order valence-corrected chi connectivity index (χ4v) is 3.03. The Labute approximate surface area is 124 Å². The molecule has 0 spiro atoms. The summed E-state index contributed by atoms with van der Waals surface area (Å²) >= 11 is 3.44. The Balaban J connectivity index is 1.90. The Bertz CT molecular complexity index is 414. The smallest absolute Gasteiger partial charge is 0.0461 e. The first-order valence-electron chi connectivity index (χ1n) is 7.06. The van der Waals surface area contributed by atoms with Crippen molar-refractivity contribution in [2.24, 2.45) is 0 Å². The lowest BCUT2D eigenvalue weighted by atomic mass is 10.0. The molecule has 0 saturated carbocycles. The van der Waals surface area contributed by atoms with Gasteiger partial charge in [0.25, 0.3) is 0 Å². The molecule has 0 aromatic heterocycles. The number of nitrogen functional groups attached to an aromatic ring is 1. The predicted molar refractivity (Wildman–Crippen MR) is 85.2 cm³/mol. The molecule has 1 aromatic rings.